The van der Waals surface area contributed by atoms with Crippen LogP contribution < -0.4 is 15.8 Å². The fourth-order valence-electron chi connectivity index (χ4n) is 4.38. The minimum atomic E-state index is -0.957. The lowest BCUT2D eigenvalue weighted by molar-refractivity contribution is -0.142. The van der Waals surface area contributed by atoms with Crippen LogP contribution in [0.3, 0.4) is 0 Å². The van der Waals surface area contributed by atoms with Crippen LogP contribution in [0.4, 0.5) is 0 Å². The number of hydrogen-bond acceptors (Lipinski definition) is 5. The number of piperidine rings is 1. The summed E-state index contributed by atoms with van der Waals surface area (Å²) in [6.45, 7) is 1.10. The SMILES string of the molecule is NC(=O)[C@@H]1CCCN(C(=O)CN2CC[C@@]3(CCC2=O)NC(=O)c2ccccc2O3)C1. The average molecular weight is 414 g/mol. The van der Waals surface area contributed by atoms with E-state index in [1.54, 1.807) is 29.2 Å². The van der Waals surface area contributed by atoms with Crippen LogP contribution in [-0.2, 0) is 14.4 Å². The zero-order chi connectivity index (χ0) is 21.3. The molecule has 0 radical (unpaired) electrons. The Morgan fingerprint density at radius 3 is 2.80 bits per heavy atom. The summed E-state index contributed by atoms with van der Waals surface area (Å²) in [4.78, 5) is 52.5. The Labute approximate surface area is 174 Å². The van der Waals surface area contributed by atoms with Gasteiger partial charge in [0.1, 0.15) is 5.75 Å². The third kappa shape index (κ3) is 3.96. The lowest BCUT2D eigenvalue weighted by Crippen LogP contribution is -2.56. The zero-order valence-electron chi connectivity index (χ0n) is 16.8. The molecule has 0 saturated carbocycles. The molecule has 9 heteroatoms. The molecule has 0 aliphatic carbocycles. The Bertz CT molecular complexity index is 888. The van der Waals surface area contributed by atoms with E-state index in [2.05, 4.69) is 5.32 Å². The molecule has 4 amide bonds. The van der Waals surface area contributed by atoms with Crippen molar-refractivity contribution in [1.82, 2.24) is 15.1 Å². The first kappa shape index (κ1) is 20.2. The van der Waals surface area contributed by atoms with Crippen molar-refractivity contribution in [2.75, 3.05) is 26.2 Å². The second-order valence-corrected chi connectivity index (χ2v) is 8.19. The third-order valence-electron chi connectivity index (χ3n) is 6.16. The average Bonchev–Trinajstić information content (AvgIpc) is 2.88. The molecule has 3 N–H and O–H groups in total. The van der Waals surface area contributed by atoms with Crippen LogP contribution in [-0.4, -0.2) is 65.3 Å². The van der Waals surface area contributed by atoms with Gasteiger partial charge < -0.3 is 25.6 Å². The molecule has 3 aliphatic heterocycles. The summed E-state index contributed by atoms with van der Waals surface area (Å²) in [5.41, 5.74) is 4.91. The number of hydrogen-bond donors (Lipinski definition) is 2. The molecule has 2 atom stereocenters. The lowest BCUT2D eigenvalue weighted by atomic mass is 9.97. The van der Waals surface area contributed by atoms with Gasteiger partial charge in [-0.2, -0.15) is 0 Å². The maximum atomic E-state index is 12.8. The van der Waals surface area contributed by atoms with Gasteiger partial charge in [-0.3, -0.25) is 19.2 Å². The molecule has 1 aromatic rings. The Morgan fingerprint density at radius 2 is 2.00 bits per heavy atom. The summed E-state index contributed by atoms with van der Waals surface area (Å²) >= 11 is 0. The van der Waals surface area contributed by atoms with Gasteiger partial charge in [0.25, 0.3) is 5.91 Å². The molecule has 3 aliphatic rings. The highest BCUT2D eigenvalue weighted by Gasteiger charge is 2.43. The molecule has 0 bridgehead atoms. The van der Waals surface area contributed by atoms with Gasteiger partial charge in [0.05, 0.1) is 18.0 Å². The predicted molar refractivity (Wildman–Crippen MR) is 106 cm³/mol. The zero-order valence-corrected chi connectivity index (χ0v) is 16.8. The van der Waals surface area contributed by atoms with E-state index in [0.29, 0.717) is 50.2 Å². The van der Waals surface area contributed by atoms with Crippen LogP contribution in [0.5, 0.6) is 5.75 Å². The molecule has 1 aromatic carbocycles. The number of primary amides is 1. The van der Waals surface area contributed by atoms with Gasteiger partial charge in [-0.25, -0.2) is 0 Å². The topological polar surface area (TPSA) is 122 Å². The molecule has 9 nitrogen and oxygen atoms in total. The Hall–Kier alpha value is -3.10. The summed E-state index contributed by atoms with van der Waals surface area (Å²) in [6, 6.07) is 7.01. The number of nitrogens with two attached hydrogens (primary N) is 1. The van der Waals surface area contributed by atoms with Gasteiger partial charge in [0.2, 0.25) is 17.7 Å². The van der Waals surface area contributed by atoms with E-state index in [0.717, 1.165) is 6.42 Å². The van der Waals surface area contributed by atoms with E-state index < -0.39 is 11.6 Å². The Balaban J connectivity index is 1.42. The van der Waals surface area contributed by atoms with Crippen molar-refractivity contribution in [1.29, 1.82) is 0 Å². The van der Waals surface area contributed by atoms with Gasteiger partial charge in [-0.1, -0.05) is 12.1 Å². The molecule has 30 heavy (non-hydrogen) atoms. The maximum absolute atomic E-state index is 12.8. The molecular weight excluding hydrogens is 388 g/mol. The van der Waals surface area contributed by atoms with E-state index in [-0.39, 0.29) is 36.6 Å². The number of amides is 4. The van der Waals surface area contributed by atoms with Crippen molar-refractivity contribution in [2.24, 2.45) is 11.7 Å². The van der Waals surface area contributed by atoms with E-state index in [4.69, 9.17) is 10.5 Å². The monoisotopic (exact) mass is 414 g/mol. The third-order valence-corrected chi connectivity index (χ3v) is 6.16. The molecular formula is C21H26N4O5. The van der Waals surface area contributed by atoms with Crippen LogP contribution in [0.15, 0.2) is 24.3 Å². The first-order chi connectivity index (χ1) is 14.4. The summed E-state index contributed by atoms with van der Waals surface area (Å²) in [5.74, 6) is -0.796. The van der Waals surface area contributed by atoms with E-state index in [9.17, 15) is 19.2 Å². The molecule has 1 spiro atoms. The minimum absolute atomic E-state index is 0.0507. The number of carbonyl (C=O) groups excluding carboxylic acids is 4. The number of likely N-dealkylation sites (tertiary alicyclic amines) is 2. The van der Waals surface area contributed by atoms with E-state index in [1.165, 1.54) is 4.90 Å². The Kier molecular flexibility index (Phi) is 5.36. The fourth-order valence-corrected chi connectivity index (χ4v) is 4.38. The van der Waals surface area contributed by atoms with Crippen molar-refractivity contribution >= 4 is 23.6 Å². The number of ether oxygens (including phenoxy) is 1. The molecule has 160 valence electrons. The minimum Gasteiger partial charge on any atom is -0.467 e. The smallest absolute Gasteiger partial charge is 0.258 e. The van der Waals surface area contributed by atoms with Crippen LogP contribution >= 0.6 is 0 Å². The second-order valence-electron chi connectivity index (χ2n) is 8.19. The van der Waals surface area contributed by atoms with Crippen LogP contribution in [0.1, 0.15) is 42.5 Å². The number of nitrogens with zero attached hydrogens (tertiary/aromatic N) is 2. The lowest BCUT2D eigenvalue weighted by Gasteiger charge is -2.38. The summed E-state index contributed by atoms with van der Waals surface area (Å²) in [5, 5.41) is 2.92. The summed E-state index contributed by atoms with van der Waals surface area (Å²) < 4.78 is 6.11. The number of rotatable bonds is 3. The van der Waals surface area contributed by atoms with Gasteiger partial charge in [0, 0.05) is 38.9 Å². The van der Waals surface area contributed by atoms with Crippen molar-refractivity contribution in [2.45, 2.75) is 37.8 Å². The second kappa shape index (κ2) is 7.97. The van der Waals surface area contributed by atoms with Crippen LogP contribution in [0.2, 0.25) is 0 Å². The van der Waals surface area contributed by atoms with Crippen molar-refractivity contribution in [3.05, 3.63) is 29.8 Å². The predicted octanol–water partition coefficient (Wildman–Crippen LogP) is 0.242. The van der Waals surface area contributed by atoms with Crippen molar-refractivity contribution in [3.63, 3.8) is 0 Å². The molecule has 3 heterocycles. The summed E-state index contributed by atoms with van der Waals surface area (Å²) in [7, 11) is 0. The van der Waals surface area contributed by atoms with Gasteiger partial charge >= 0.3 is 0 Å². The maximum Gasteiger partial charge on any atom is 0.258 e. The quantitative estimate of drug-likeness (QED) is 0.734. The fraction of sp³-hybridized carbons (Fsp3) is 0.524. The van der Waals surface area contributed by atoms with Gasteiger partial charge in [-0.05, 0) is 25.0 Å². The Morgan fingerprint density at radius 1 is 1.20 bits per heavy atom. The summed E-state index contributed by atoms with van der Waals surface area (Å²) in [6.07, 6.45) is 2.29. The molecule has 0 unspecified atom stereocenters. The van der Waals surface area contributed by atoms with Crippen LogP contribution in [0, 0.1) is 5.92 Å². The number of para-hydroxylation sites is 1. The van der Waals surface area contributed by atoms with Crippen molar-refractivity contribution in [3.8, 4) is 5.75 Å². The normalized spacial score (nSPS) is 26.5. The molecule has 4 rings (SSSR count). The van der Waals surface area contributed by atoms with E-state index >= 15 is 0 Å². The van der Waals surface area contributed by atoms with Gasteiger partial charge in [-0.15, -0.1) is 0 Å². The molecule has 0 aromatic heterocycles. The van der Waals surface area contributed by atoms with E-state index in [1.807, 2.05) is 0 Å². The number of benzene rings is 1. The van der Waals surface area contributed by atoms with Crippen LogP contribution in [0.25, 0.3) is 0 Å². The highest BCUT2D eigenvalue weighted by atomic mass is 16.5. The van der Waals surface area contributed by atoms with Gasteiger partial charge in [0.15, 0.2) is 5.72 Å². The first-order valence-electron chi connectivity index (χ1n) is 10.3. The number of carbonyl (C=O) groups is 4. The number of fused-ring (bicyclic) bond motifs is 1. The van der Waals surface area contributed by atoms with Crippen molar-refractivity contribution < 1.29 is 23.9 Å². The molecule has 2 saturated heterocycles. The largest absolute Gasteiger partial charge is 0.467 e. The standard InChI is InChI=1S/C21H26N4O5/c22-19(28)14-4-3-10-24(12-14)18(27)13-25-11-9-21(8-7-17(25)26)23-20(29)15-5-1-2-6-16(15)30-21/h1-2,5-6,14H,3-4,7-13H2,(H2,22,28)(H,23,29)/t14-,21+/m1/s1. The first-order valence-corrected chi connectivity index (χ1v) is 10.3. The molecule has 2 fully saturated rings. The highest BCUT2D eigenvalue weighted by molar-refractivity contribution is 5.98. The highest BCUT2D eigenvalue weighted by Crippen LogP contribution is 2.33. The number of nitrogens with one attached hydrogen (secondary N) is 1.